The lowest BCUT2D eigenvalue weighted by molar-refractivity contribution is -0.147. The summed E-state index contributed by atoms with van der Waals surface area (Å²) in [5, 5.41) is 4.56. The minimum absolute atomic E-state index is 0.0725. The molecule has 204 valence electrons. The van der Waals surface area contributed by atoms with Gasteiger partial charge in [0, 0.05) is 31.7 Å². The molecule has 14 heteroatoms. The van der Waals surface area contributed by atoms with Gasteiger partial charge < -0.3 is 15.5 Å². The topological polar surface area (TPSA) is 141 Å². The average molecular weight is 566 g/mol. The Kier molecular flexibility index (Phi) is 6.76. The van der Waals surface area contributed by atoms with Crippen LogP contribution in [0.15, 0.2) is 30.6 Å². The van der Waals surface area contributed by atoms with Crippen molar-refractivity contribution in [1.29, 1.82) is 0 Å². The van der Waals surface area contributed by atoms with Gasteiger partial charge in [-0.15, -0.1) is 0 Å². The molecule has 2 fully saturated rings. The Morgan fingerprint density at radius 1 is 1.18 bits per heavy atom. The number of amides is 2. The molecule has 5 rings (SSSR count). The van der Waals surface area contributed by atoms with Gasteiger partial charge in [-0.05, 0) is 38.1 Å². The summed E-state index contributed by atoms with van der Waals surface area (Å²) in [6.07, 6.45) is 1.30. The van der Waals surface area contributed by atoms with Gasteiger partial charge in [-0.3, -0.25) is 23.6 Å². The predicted molar refractivity (Wildman–Crippen MR) is 145 cm³/mol. The predicted octanol–water partition coefficient (Wildman–Crippen LogP) is 2.79. The highest BCUT2D eigenvalue weighted by atomic mass is 35.5. The number of piperazine rings is 1. The monoisotopic (exact) mass is 565 g/mol. The van der Waals surface area contributed by atoms with Crippen molar-refractivity contribution in [2.24, 2.45) is 0 Å². The van der Waals surface area contributed by atoms with Crippen molar-refractivity contribution in [3.05, 3.63) is 41.4 Å². The normalized spacial score (nSPS) is 20.6. The molecule has 2 aliphatic rings. The average Bonchev–Trinajstić information content (AvgIpc) is 3.20. The molecule has 2 amide bonds. The van der Waals surface area contributed by atoms with E-state index in [9.17, 15) is 18.7 Å². The molecular weight excluding hydrogens is 537 g/mol. The largest absolute Gasteiger partial charge is 0.382 e. The SMILES string of the molecule is CC1(C)C(=O)N(c2cc(-c3cc(Cl)c4c(N)ncnn34)ccc2F)CCN1C(=O)CN1CCS(O)(O)CC1. The van der Waals surface area contributed by atoms with Crippen molar-refractivity contribution in [1.82, 2.24) is 24.4 Å². The number of hydrogen-bond acceptors (Lipinski definition) is 8. The third-order valence-electron chi connectivity index (χ3n) is 7.19. The van der Waals surface area contributed by atoms with Gasteiger partial charge in [0.05, 0.1) is 34.5 Å². The van der Waals surface area contributed by atoms with Crippen LogP contribution in [0, 0.1) is 5.82 Å². The lowest BCUT2D eigenvalue weighted by Gasteiger charge is -2.47. The second-order valence-corrected chi connectivity index (χ2v) is 12.8. The molecule has 0 unspecified atom stereocenters. The first-order valence-electron chi connectivity index (χ1n) is 12.0. The molecule has 38 heavy (non-hydrogen) atoms. The number of hydrogen-bond donors (Lipinski definition) is 3. The Balaban J connectivity index is 1.39. The first-order valence-corrected chi connectivity index (χ1v) is 14.3. The fourth-order valence-corrected chi connectivity index (χ4v) is 6.59. The molecule has 0 aliphatic carbocycles. The summed E-state index contributed by atoms with van der Waals surface area (Å²) >= 11 is 6.36. The van der Waals surface area contributed by atoms with Gasteiger partial charge in [-0.1, -0.05) is 11.6 Å². The minimum Gasteiger partial charge on any atom is -0.382 e. The molecule has 0 atom stereocenters. The smallest absolute Gasteiger partial charge is 0.252 e. The second kappa shape index (κ2) is 9.65. The summed E-state index contributed by atoms with van der Waals surface area (Å²) in [7, 11) is -2.57. The zero-order valence-corrected chi connectivity index (χ0v) is 22.5. The van der Waals surface area contributed by atoms with E-state index in [1.54, 1.807) is 32.0 Å². The van der Waals surface area contributed by atoms with Crippen LogP contribution in [0.1, 0.15) is 13.8 Å². The number of nitrogens with zero attached hydrogens (tertiary/aromatic N) is 6. The number of aromatic nitrogens is 3. The number of carbonyl (C=O) groups excluding carboxylic acids is 2. The summed E-state index contributed by atoms with van der Waals surface area (Å²) in [5.41, 5.74) is 6.37. The fourth-order valence-electron chi connectivity index (χ4n) is 5.00. The molecule has 2 saturated heterocycles. The number of anilines is 2. The van der Waals surface area contributed by atoms with Crippen molar-refractivity contribution in [2.45, 2.75) is 19.4 Å². The van der Waals surface area contributed by atoms with Crippen LogP contribution in [-0.4, -0.2) is 95.1 Å². The zero-order valence-electron chi connectivity index (χ0n) is 21.0. The molecule has 3 aromatic rings. The first kappa shape index (κ1) is 26.6. The highest BCUT2D eigenvalue weighted by Gasteiger charge is 2.45. The second-order valence-electron chi connectivity index (χ2n) is 10.00. The van der Waals surface area contributed by atoms with Gasteiger partial charge in [0.25, 0.3) is 5.91 Å². The maximum atomic E-state index is 15.1. The molecule has 4 N–H and O–H groups in total. The number of carbonyl (C=O) groups is 2. The molecular formula is C24H29ClFN7O4S. The summed E-state index contributed by atoms with van der Waals surface area (Å²) in [6.45, 7) is 4.49. The number of rotatable bonds is 4. The van der Waals surface area contributed by atoms with Gasteiger partial charge in [-0.2, -0.15) is 15.7 Å². The van der Waals surface area contributed by atoms with Crippen LogP contribution in [0.25, 0.3) is 16.8 Å². The van der Waals surface area contributed by atoms with E-state index in [2.05, 4.69) is 10.1 Å². The van der Waals surface area contributed by atoms with Gasteiger partial charge in [-0.25, -0.2) is 13.9 Å². The molecule has 0 bridgehead atoms. The van der Waals surface area contributed by atoms with E-state index in [1.807, 2.05) is 4.90 Å². The molecule has 0 spiro atoms. The molecule has 11 nitrogen and oxygen atoms in total. The highest BCUT2D eigenvalue weighted by Crippen LogP contribution is 2.40. The first-order chi connectivity index (χ1) is 17.9. The number of nitrogen functional groups attached to an aromatic ring is 1. The van der Waals surface area contributed by atoms with Crippen LogP contribution in [0.5, 0.6) is 0 Å². The van der Waals surface area contributed by atoms with Crippen LogP contribution in [-0.2, 0) is 9.59 Å². The van der Waals surface area contributed by atoms with Crippen LogP contribution in [0.3, 0.4) is 0 Å². The van der Waals surface area contributed by atoms with Crippen molar-refractivity contribution >= 4 is 51.0 Å². The molecule has 0 saturated carbocycles. The van der Waals surface area contributed by atoms with E-state index < -0.39 is 27.9 Å². The van der Waals surface area contributed by atoms with E-state index in [-0.39, 0.29) is 48.6 Å². The highest BCUT2D eigenvalue weighted by molar-refractivity contribution is 8.24. The zero-order chi connectivity index (χ0) is 27.4. The summed E-state index contributed by atoms with van der Waals surface area (Å²) in [6, 6.07) is 6.06. The lowest BCUT2D eigenvalue weighted by Crippen LogP contribution is -2.66. The van der Waals surface area contributed by atoms with Crippen LogP contribution in [0.2, 0.25) is 5.02 Å². The Morgan fingerprint density at radius 2 is 1.89 bits per heavy atom. The molecule has 1 aromatic carbocycles. The van der Waals surface area contributed by atoms with Crippen LogP contribution < -0.4 is 10.6 Å². The Bertz CT molecular complexity index is 1420. The van der Waals surface area contributed by atoms with E-state index >= 15 is 4.39 Å². The fraction of sp³-hybridized carbons (Fsp3) is 0.417. The molecule has 4 heterocycles. The van der Waals surface area contributed by atoms with Crippen molar-refractivity contribution in [2.75, 3.05) is 54.9 Å². The standard InChI is InChI=1S/C24H29ClFN7O4S/c1-24(2)23(35)31(5-6-32(24)20(34)13-30-7-9-38(36,37)10-8-30)19-11-15(3-4-17(19)26)18-12-16(25)21-22(27)28-14-29-33(18)21/h3-4,11-12,14,36-37H,5-10,13H2,1-2H3,(H2,27,28,29). The van der Waals surface area contributed by atoms with Gasteiger partial charge in [0.2, 0.25) is 5.91 Å². The minimum atomic E-state index is -2.57. The van der Waals surface area contributed by atoms with E-state index in [0.717, 1.165) is 0 Å². The van der Waals surface area contributed by atoms with Crippen LogP contribution >= 0.6 is 22.2 Å². The van der Waals surface area contributed by atoms with Gasteiger partial charge >= 0.3 is 0 Å². The summed E-state index contributed by atoms with van der Waals surface area (Å²) < 4.78 is 36.3. The Labute approximate surface area is 225 Å². The Hall–Kier alpha value is -2.97. The van der Waals surface area contributed by atoms with Crippen molar-refractivity contribution < 1.29 is 23.1 Å². The van der Waals surface area contributed by atoms with Crippen molar-refractivity contribution in [3.63, 3.8) is 0 Å². The van der Waals surface area contributed by atoms with E-state index in [1.165, 1.54) is 26.7 Å². The van der Waals surface area contributed by atoms with Crippen molar-refractivity contribution in [3.8, 4) is 11.3 Å². The Morgan fingerprint density at radius 3 is 2.61 bits per heavy atom. The maximum absolute atomic E-state index is 15.1. The summed E-state index contributed by atoms with van der Waals surface area (Å²) in [4.78, 5) is 35.5. The maximum Gasteiger partial charge on any atom is 0.252 e. The van der Waals surface area contributed by atoms with Gasteiger partial charge in [0.1, 0.15) is 23.2 Å². The van der Waals surface area contributed by atoms with E-state index in [0.29, 0.717) is 34.9 Å². The molecule has 2 aromatic heterocycles. The van der Waals surface area contributed by atoms with E-state index in [4.69, 9.17) is 17.3 Å². The quantitative estimate of drug-likeness (QED) is 0.438. The lowest BCUT2D eigenvalue weighted by atomic mass is 9.96. The number of benzene rings is 1. The number of nitrogens with two attached hydrogens (primary N) is 1. The molecule has 2 aliphatic heterocycles. The third-order valence-corrected chi connectivity index (χ3v) is 9.15. The molecule has 0 radical (unpaired) electrons. The van der Waals surface area contributed by atoms with Gasteiger partial charge in [0.15, 0.2) is 5.82 Å². The van der Waals surface area contributed by atoms with Crippen LogP contribution in [0.4, 0.5) is 15.9 Å². The summed E-state index contributed by atoms with van der Waals surface area (Å²) in [5.74, 6) is -0.562. The number of halogens is 2. The number of fused-ring (bicyclic) bond motifs is 1. The third kappa shape index (κ3) is 4.69.